The topological polar surface area (TPSA) is 18.5 Å². The molecule has 1 atom stereocenters. The smallest absolute Gasteiger partial charge is 0.204 e. The molecule has 1 aromatic rings. The standard InChI is InChI=1S/C30H45F3O2/c1-3-5-6-7-22-8-10-23(11-9-22)12-13-24-14-16-25(17-15-24)26(31)20-21-35-28-19-18-27(34-4-2)29(32)30(28)33/h12-13,18-19,22-26H,3-11,14-17,20-21H2,1-2H3/b13-12+. The molecule has 2 aliphatic rings. The molecule has 2 saturated carbocycles. The minimum Gasteiger partial charge on any atom is -0.491 e. The summed E-state index contributed by atoms with van der Waals surface area (Å²) in [6.07, 6.45) is 18.8. The lowest BCUT2D eigenvalue weighted by Crippen LogP contribution is -2.24. The molecule has 0 saturated heterocycles. The molecule has 0 radical (unpaired) electrons. The first kappa shape index (κ1) is 27.9. The zero-order valence-electron chi connectivity index (χ0n) is 21.8. The normalized spacial score (nSPS) is 26.1. The summed E-state index contributed by atoms with van der Waals surface area (Å²) in [6, 6.07) is 2.69. The summed E-state index contributed by atoms with van der Waals surface area (Å²) < 4.78 is 53.3. The van der Waals surface area contributed by atoms with Gasteiger partial charge in [0.05, 0.1) is 13.2 Å². The van der Waals surface area contributed by atoms with Gasteiger partial charge in [-0.25, -0.2) is 4.39 Å². The Morgan fingerprint density at radius 1 is 0.829 bits per heavy atom. The first-order valence-corrected chi connectivity index (χ1v) is 14.1. The second kappa shape index (κ2) is 14.8. The van der Waals surface area contributed by atoms with Crippen LogP contribution in [0.15, 0.2) is 24.3 Å². The molecule has 2 fully saturated rings. The van der Waals surface area contributed by atoms with Gasteiger partial charge < -0.3 is 9.47 Å². The molecule has 0 heterocycles. The molecule has 0 aliphatic heterocycles. The van der Waals surface area contributed by atoms with Crippen molar-refractivity contribution in [1.29, 1.82) is 0 Å². The number of hydrogen-bond acceptors (Lipinski definition) is 2. The van der Waals surface area contributed by atoms with Crippen molar-refractivity contribution in [3.8, 4) is 11.5 Å². The van der Waals surface area contributed by atoms with E-state index < -0.39 is 17.8 Å². The van der Waals surface area contributed by atoms with Crippen LogP contribution in [0.25, 0.3) is 0 Å². The molecule has 0 amide bonds. The number of hydrogen-bond donors (Lipinski definition) is 0. The molecule has 198 valence electrons. The van der Waals surface area contributed by atoms with Gasteiger partial charge in [-0.15, -0.1) is 0 Å². The molecule has 0 spiro atoms. The second-order valence-corrected chi connectivity index (χ2v) is 10.6. The van der Waals surface area contributed by atoms with Gasteiger partial charge in [0.1, 0.15) is 6.17 Å². The van der Waals surface area contributed by atoms with Gasteiger partial charge in [0, 0.05) is 6.42 Å². The number of benzene rings is 1. The maximum Gasteiger partial charge on any atom is 0.204 e. The van der Waals surface area contributed by atoms with Crippen LogP contribution in [0, 0.1) is 35.3 Å². The fourth-order valence-corrected chi connectivity index (χ4v) is 5.78. The van der Waals surface area contributed by atoms with Crippen LogP contribution in [0.4, 0.5) is 13.2 Å². The highest BCUT2D eigenvalue weighted by molar-refractivity contribution is 5.35. The van der Waals surface area contributed by atoms with Crippen LogP contribution in [0.1, 0.15) is 97.3 Å². The van der Waals surface area contributed by atoms with Crippen molar-refractivity contribution in [3.63, 3.8) is 0 Å². The van der Waals surface area contributed by atoms with E-state index in [1.807, 2.05) is 0 Å². The molecule has 3 rings (SSSR count). The average Bonchev–Trinajstić information content (AvgIpc) is 2.88. The van der Waals surface area contributed by atoms with Gasteiger partial charge in [-0.2, -0.15) is 8.78 Å². The van der Waals surface area contributed by atoms with Gasteiger partial charge in [-0.3, -0.25) is 0 Å². The monoisotopic (exact) mass is 494 g/mol. The van der Waals surface area contributed by atoms with E-state index in [0.29, 0.717) is 5.92 Å². The summed E-state index contributed by atoms with van der Waals surface area (Å²) in [5.74, 6) is -0.201. The van der Waals surface area contributed by atoms with Crippen molar-refractivity contribution < 1.29 is 22.6 Å². The van der Waals surface area contributed by atoms with Gasteiger partial charge in [0.25, 0.3) is 0 Å². The predicted octanol–water partition coefficient (Wildman–Crippen LogP) is 9.22. The number of unbranched alkanes of at least 4 members (excludes halogenated alkanes) is 2. The first-order valence-electron chi connectivity index (χ1n) is 14.1. The summed E-state index contributed by atoms with van der Waals surface area (Å²) in [6.45, 7) is 4.26. The van der Waals surface area contributed by atoms with E-state index in [2.05, 4.69) is 19.1 Å². The van der Waals surface area contributed by atoms with Gasteiger partial charge >= 0.3 is 0 Å². The lowest BCUT2D eigenvalue weighted by Gasteiger charge is -2.30. The Hall–Kier alpha value is -1.65. The van der Waals surface area contributed by atoms with Crippen molar-refractivity contribution in [2.75, 3.05) is 13.2 Å². The van der Waals surface area contributed by atoms with E-state index in [9.17, 15) is 13.2 Å². The molecule has 5 heteroatoms. The zero-order valence-corrected chi connectivity index (χ0v) is 21.8. The van der Waals surface area contributed by atoms with Crippen molar-refractivity contribution in [1.82, 2.24) is 0 Å². The molecule has 1 aromatic carbocycles. The molecule has 0 N–H and O–H groups in total. The van der Waals surface area contributed by atoms with Gasteiger partial charge in [0.15, 0.2) is 11.5 Å². The molecular weight excluding hydrogens is 449 g/mol. The van der Waals surface area contributed by atoms with Crippen molar-refractivity contribution in [2.45, 2.75) is 103 Å². The van der Waals surface area contributed by atoms with Crippen LogP contribution >= 0.6 is 0 Å². The fourth-order valence-electron chi connectivity index (χ4n) is 5.78. The Morgan fingerprint density at radius 3 is 1.97 bits per heavy atom. The van der Waals surface area contributed by atoms with Crippen molar-refractivity contribution >= 4 is 0 Å². The van der Waals surface area contributed by atoms with Gasteiger partial charge in [0.2, 0.25) is 11.6 Å². The lowest BCUT2D eigenvalue weighted by atomic mass is 9.77. The van der Waals surface area contributed by atoms with Crippen molar-refractivity contribution in [2.24, 2.45) is 23.7 Å². The molecule has 0 bridgehead atoms. The van der Waals surface area contributed by atoms with E-state index >= 15 is 0 Å². The largest absolute Gasteiger partial charge is 0.491 e. The fraction of sp³-hybridized carbons (Fsp3) is 0.733. The highest BCUT2D eigenvalue weighted by atomic mass is 19.2. The summed E-state index contributed by atoms with van der Waals surface area (Å²) in [5.41, 5.74) is 0. The highest BCUT2D eigenvalue weighted by Crippen LogP contribution is 2.36. The Morgan fingerprint density at radius 2 is 1.40 bits per heavy atom. The lowest BCUT2D eigenvalue weighted by molar-refractivity contribution is 0.135. The van der Waals surface area contributed by atoms with Crippen molar-refractivity contribution in [3.05, 3.63) is 35.9 Å². The molecule has 35 heavy (non-hydrogen) atoms. The Bertz CT molecular complexity index is 765. The zero-order chi connectivity index (χ0) is 25.0. The number of alkyl halides is 1. The quantitative estimate of drug-likeness (QED) is 0.201. The van der Waals surface area contributed by atoms with Crippen LogP contribution in [0.2, 0.25) is 0 Å². The molecule has 2 aliphatic carbocycles. The van der Waals surface area contributed by atoms with Crippen LogP contribution in [-0.4, -0.2) is 19.4 Å². The molecule has 0 aromatic heterocycles. The number of allylic oxidation sites excluding steroid dienone is 2. The van der Waals surface area contributed by atoms with Crippen LogP contribution in [-0.2, 0) is 0 Å². The Balaban J connectivity index is 1.32. The van der Waals surface area contributed by atoms with Gasteiger partial charge in [-0.1, -0.05) is 44.8 Å². The third-order valence-electron chi connectivity index (χ3n) is 8.05. The van der Waals surface area contributed by atoms with E-state index in [1.54, 1.807) is 6.92 Å². The summed E-state index contributed by atoms with van der Waals surface area (Å²) in [4.78, 5) is 0. The van der Waals surface area contributed by atoms with Crippen LogP contribution in [0.5, 0.6) is 11.5 Å². The number of ether oxygens (including phenoxy) is 2. The van der Waals surface area contributed by atoms with E-state index in [0.717, 1.165) is 37.5 Å². The maximum absolute atomic E-state index is 14.8. The van der Waals surface area contributed by atoms with E-state index in [4.69, 9.17) is 9.47 Å². The van der Waals surface area contributed by atoms with Crippen LogP contribution < -0.4 is 9.47 Å². The number of rotatable bonds is 13. The summed E-state index contributed by atoms with van der Waals surface area (Å²) in [5, 5.41) is 0. The highest BCUT2D eigenvalue weighted by Gasteiger charge is 2.27. The minimum absolute atomic E-state index is 0.0312. The SMILES string of the molecule is CCCCCC1CCC(/C=C/C2CCC(C(F)CCOc3ccc(OCC)c(F)c3F)CC2)CC1. The predicted molar refractivity (Wildman–Crippen MR) is 137 cm³/mol. The van der Waals surface area contributed by atoms with E-state index in [1.165, 1.54) is 63.5 Å². The molecule has 2 nitrogen and oxygen atoms in total. The molecular formula is C30H45F3O2. The van der Waals surface area contributed by atoms with Gasteiger partial charge in [-0.05, 0) is 94.1 Å². The number of halogens is 3. The first-order chi connectivity index (χ1) is 17.0. The third kappa shape index (κ3) is 8.75. The van der Waals surface area contributed by atoms with E-state index in [-0.39, 0.29) is 37.1 Å². The second-order valence-electron chi connectivity index (χ2n) is 10.6. The minimum atomic E-state index is -1.08. The van der Waals surface area contributed by atoms with Crippen LogP contribution in [0.3, 0.4) is 0 Å². The Labute approximate surface area is 210 Å². The molecule has 1 unspecified atom stereocenters. The maximum atomic E-state index is 14.8. The summed E-state index contributed by atoms with van der Waals surface area (Å²) >= 11 is 0. The average molecular weight is 495 g/mol. The third-order valence-corrected chi connectivity index (χ3v) is 8.05. The summed E-state index contributed by atoms with van der Waals surface area (Å²) in [7, 11) is 0. The Kier molecular flexibility index (Phi) is 11.8.